The molecule has 112 valence electrons. The molecule has 3 aromatic rings. The fourth-order valence-electron chi connectivity index (χ4n) is 2.07. The summed E-state index contributed by atoms with van der Waals surface area (Å²) in [4.78, 5) is 7.43. The smallest absolute Gasteiger partial charge is 0.387 e. The number of halogens is 3. The summed E-state index contributed by atoms with van der Waals surface area (Å²) in [6.07, 6.45) is 1.54. The Labute approximate surface area is 130 Å². The lowest BCUT2D eigenvalue weighted by atomic mass is 10.2. The Morgan fingerprint density at radius 2 is 1.86 bits per heavy atom. The topological polar surface area (TPSA) is 37.9 Å². The van der Waals surface area contributed by atoms with Gasteiger partial charge >= 0.3 is 6.61 Å². The van der Waals surface area contributed by atoms with E-state index >= 15 is 0 Å². The zero-order chi connectivity index (χ0) is 15.5. The van der Waals surface area contributed by atoms with E-state index in [2.05, 4.69) is 14.7 Å². The molecular formula is C16H11ClF2N2O. The number of imidazole rings is 1. The van der Waals surface area contributed by atoms with E-state index < -0.39 is 6.61 Å². The van der Waals surface area contributed by atoms with Crippen molar-refractivity contribution in [1.82, 2.24) is 9.97 Å². The molecule has 1 N–H and O–H groups in total. The number of H-pyrrole nitrogens is 1. The Bertz CT molecular complexity index is 797. The Morgan fingerprint density at radius 3 is 2.64 bits per heavy atom. The van der Waals surface area contributed by atoms with Gasteiger partial charge in [0.25, 0.3) is 0 Å². The van der Waals surface area contributed by atoms with Crippen LogP contribution in [0, 0.1) is 0 Å². The van der Waals surface area contributed by atoms with Crippen LogP contribution in [0.4, 0.5) is 8.78 Å². The zero-order valence-corrected chi connectivity index (χ0v) is 12.0. The van der Waals surface area contributed by atoms with Crippen molar-refractivity contribution in [2.75, 3.05) is 0 Å². The fraction of sp³-hybridized carbons (Fsp3) is 0.0625. The molecule has 0 aliphatic rings. The molecule has 0 bridgehead atoms. The summed E-state index contributed by atoms with van der Waals surface area (Å²) in [7, 11) is 0. The molecule has 3 nitrogen and oxygen atoms in total. The fourth-order valence-corrected chi connectivity index (χ4v) is 2.28. The lowest BCUT2D eigenvalue weighted by molar-refractivity contribution is -0.0499. The van der Waals surface area contributed by atoms with Crippen LogP contribution >= 0.6 is 11.6 Å². The van der Waals surface area contributed by atoms with E-state index in [1.165, 1.54) is 12.1 Å². The van der Waals surface area contributed by atoms with Crippen LogP contribution in [-0.2, 0) is 0 Å². The van der Waals surface area contributed by atoms with Crippen molar-refractivity contribution in [3.8, 4) is 5.75 Å². The largest absolute Gasteiger partial charge is 0.434 e. The number of para-hydroxylation sites is 3. The van der Waals surface area contributed by atoms with E-state index in [4.69, 9.17) is 11.6 Å². The molecule has 6 heteroatoms. The lowest BCUT2D eigenvalue weighted by Crippen LogP contribution is -2.03. The first-order chi connectivity index (χ1) is 10.6. The summed E-state index contributed by atoms with van der Waals surface area (Å²) in [5, 5.41) is 0.307. The molecule has 3 rings (SSSR count). The van der Waals surface area contributed by atoms with Crippen molar-refractivity contribution in [3.05, 3.63) is 59.9 Å². The molecule has 0 fully saturated rings. The summed E-state index contributed by atoms with van der Waals surface area (Å²) < 4.78 is 29.3. The highest BCUT2D eigenvalue weighted by Gasteiger charge is 2.10. The molecule has 1 heterocycles. The van der Waals surface area contributed by atoms with Crippen LogP contribution in [0.15, 0.2) is 48.5 Å². The molecule has 1 aromatic heterocycles. The predicted molar refractivity (Wildman–Crippen MR) is 82.9 cm³/mol. The minimum Gasteiger partial charge on any atom is -0.434 e. The molecule has 0 saturated carbocycles. The normalized spacial score (nSPS) is 12.1. The Kier molecular flexibility index (Phi) is 4.06. The summed E-state index contributed by atoms with van der Waals surface area (Å²) in [5.41, 5.74) is 2.08. The van der Waals surface area contributed by atoms with Gasteiger partial charge in [0.15, 0.2) is 0 Å². The summed E-state index contributed by atoms with van der Waals surface area (Å²) in [6.45, 7) is -2.89. The number of aromatic amines is 1. The zero-order valence-electron chi connectivity index (χ0n) is 11.3. The SMILES string of the molecule is FC(F)Oc1ccccc1/C=C(\Cl)c1nc2ccccc2[nH]1. The highest BCUT2D eigenvalue weighted by atomic mass is 35.5. The number of hydrogen-bond acceptors (Lipinski definition) is 2. The number of fused-ring (bicyclic) bond motifs is 1. The van der Waals surface area contributed by atoms with E-state index in [-0.39, 0.29) is 5.75 Å². The Hall–Kier alpha value is -2.40. The van der Waals surface area contributed by atoms with Crippen LogP contribution in [0.2, 0.25) is 0 Å². The van der Waals surface area contributed by atoms with E-state index in [1.54, 1.807) is 18.2 Å². The number of hydrogen-bond donors (Lipinski definition) is 1. The third-order valence-electron chi connectivity index (χ3n) is 3.03. The second-order valence-corrected chi connectivity index (χ2v) is 4.92. The summed E-state index contributed by atoms with van der Waals surface area (Å²) in [5.74, 6) is 0.529. The molecule has 0 aliphatic carbocycles. The molecule has 0 radical (unpaired) electrons. The Morgan fingerprint density at radius 1 is 1.14 bits per heavy atom. The number of alkyl halides is 2. The average molecular weight is 321 g/mol. The quantitative estimate of drug-likeness (QED) is 0.742. The van der Waals surface area contributed by atoms with Gasteiger partial charge in [0.2, 0.25) is 0 Å². The van der Waals surface area contributed by atoms with E-state index in [9.17, 15) is 8.78 Å². The molecule has 2 aromatic carbocycles. The predicted octanol–water partition coefficient (Wildman–Crippen LogP) is 4.90. The minimum atomic E-state index is -2.89. The minimum absolute atomic E-state index is 0.0618. The first kappa shape index (κ1) is 14.5. The van der Waals surface area contributed by atoms with Crippen LogP contribution in [0.1, 0.15) is 11.4 Å². The van der Waals surface area contributed by atoms with Crippen LogP contribution in [-0.4, -0.2) is 16.6 Å². The molecule has 0 unspecified atom stereocenters. The van der Waals surface area contributed by atoms with Gasteiger partial charge in [0, 0.05) is 5.56 Å². The van der Waals surface area contributed by atoms with Crippen LogP contribution in [0.5, 0.6) is 5.75 Å². The van der Waals surface area contributed by atoms with E-state index in [1.807, 2.05) is 24.3 Å². The van der Waals surface area contributed by atoms with E-state index in [0.717, 1.165) is 11.0 Å². The number of rotatable bonds is 4. The number of benzene rings is 2. The van der Waals surface area contributed by atoms with Crippen molar-refractivity contribution >= 4 is 33.7 Å². The second kappa shape index (κ2) is 6.15. The molecule has 0 saturated heterocycles. The van der Waals surface area contributed by atoms with E-state index in [0.29, 0.717) is 16.4 Å². The second-order valence-electron chi connectivity index (χ2n) is 4.51. The van der Waals surface area contributed by atoms with Crippen molar-refractivity contribution in [2.45, 2.75) is 6.61 Å². The summed E-state index contributed by atoms with van der Waals surface area (Å²) in [6, 6.07) is 13.9. The van der Waals surface area contributed by atoms with Crippen molar-refractivity contribution < 1.29 is 13.5 Å². The number of ether oxygens (including phenoxy) is 1. The monoisotopic (exact) mass is 320 g/mol. The molecule has 0 amide bonds. The maximum absolute atomic E-state index is 12.4. The molecule has 0 aliphatic heterocycles. The average Bonchev–Trinajstić information content (AvgIpc) is 2.93. The van der Waals surface area contributed by atoms with Crippen molar-refractivity contribution in [1.29, 1.82) is 0 Å². The third kappa shape index (κ3) is 3.09. The standard InChI is InChI=1S/C16H11ClF2N2O/c17-11(15-20-12-6-2-3-7-13(12)21-15)9-10-5-1-4-8-14(10)22-16(18)19/h1-9,16H,(H,20,21)/b11-9-. The highest BCUT2D eigenvalue weighted by Crippen LogP contribution is 2.27. The molecule has 22 heavy (non-hydrogen) atoms. The van der Waals surface area contributed by atoms with Gasteiger partial charge in [-0.2, -0.15) is 8.78 Å². The van der Waals surface area contributed by atoms with Gasteiger partial charge in [-0.3, -0.25) is 0 Å². The first-order valence-corrected chi connectivity index (χ1v) is 6.87. The molecule has 0 atom stereocenters. The van der Waals surface area contributed by atoms with Gasteiger partial charge in [-0.1, -0.05) is 41.9 Å². The van der Waals surface area contributed by atoms with Crippen LogP contribution in [0.3, 0.4) is 0 Å². The number of nitrogens with one attached hydrogen (secondary N) is 1. The van der Waals surface area contributed by atoms with Gasteiger partial charge < -0.3 is 9.72 Å². The van der Waals surface area contributed by atoms with Gasteiger partial charge in [-0.05, 0) is 24.3 Å². The number of nitrogens with zero attached hydrogens (tertiary/aromatic N) is 1. The lowest BCUT2D eigenvalue weighted by Gasteiger charge is -2.07. The van der Waals surface area contributed by atoms with Gasteiger partial charge in [0.1, 0.15) is 11.6 Å². The highest BCUT2D eigenvalue weighted by molar-refractivity contribution is 6.50. The Balaban J connectivity index is 1.97. The maximum atomic E-state index is 12.4. The van der Waals surface area contributed by atoms with Gasteiger partial charge in [-0.15, -0.1) is 0 Å². The van der Waals surface area contributed by atoms with Gasteiger partial charge in [-0.25, -0.2) is 4.98 Å². The van der Waals surface area contributed by atoms with Crippen LogP contribution in [0.25, 0.3) is 22.1 Å². The third-order valence-corrected chi connectivity index (χ3v) is 3.32. The first-order valence-electron chi connectivity index (χ1n) is 6.49. The van der Waals surface area contributed by atoms with Crippen molar-refractivity contribution in [2.24, 2.45) is 0 Å². The summed E-state index contributed by atoms with van der Waals surface area (Å²) >= 11 is 6.25. The van der Waals surface area contributed by atoms with Gasteiger partial charge in [0.05, 0.1) is 16.1 Å². The van der Waals surface area contributed by atoms with Crippen molar-refractivity contribution in [3.63, 3.8) is 0 Å². The maximum Gasteiger partial charge on any atom is 0.387 e. The molecular weight excluding hydrogens is 310 g/mol. The molecule has 0 spiro atoms. The number of aromatic nitrogens is 2. The van der Waals surface area contributed by atoms with Crippen LogP contribution < -0.4 is 4.74 Å².